The van der Waals surface area contributed by atoms with Crippen LogP contribution in [0.4, 0.5) is 18.0 Å². The molecule has 0 spiro atoms. The molecule has 0 unspecified atom stereocenters. The lowest BCUT2D eigenvalue weighted by molar-refractivity contribution is -0.137. The maximum absolute atomic E-state index is 13.5. The highest BCUT2D eigenvalue weighted by Crippen LogP contribution is 2.41. The minimum Gasteiger partial charge on any atom is -0.496 e. The summed E-state index contributed by atoms with van der Waals surface area (Å²) in [5.74, 6) is 0.581. The normalized spacial score (nSPS) is 17.0. The summed E-state index contributed by atoms with van der Waals surface area (Å²) in [6.45, 7) is 7.20. The number of cyclic esters (lactones) is 1. The fourth-order valence-electron chi connectivity index (χ4n) is 5.82. The number of carbonyl (C=O) groups is 1. The predicted octanol–water partition coefficient (Wildman–Crippen LogP) is 7.70. The predicted molar refractivity (Wildman–Crippen MR) is 165 cm³/mol. The van der Waals surface area contributed by atoms with Crippen molar-refractivity contribution in [1.82, 2.24) is 4.90 Å². The second kappa shape index (κ2) is 11.9. The van der Waals surface area contributed by atoms with E-state index in [1.165, 1.54) is 17.0 Å². The molecule has 1 heterocycles. The van der Waals surface area contributed by atoms with Crippen molar-refractivity contribution in [3.63, 3.8) is 0 Å². The van der Waals surface area contributed by atoms with Crippen LogP contribution in [0.1, 0.15) is 46.4 Å². The number of aryl methyl sites for hydroxylation is 3. The molecule has 4 aromatic rings. The van der Waals surface area contributed by atoms with Gasteiger partial charge in [0, 0.05) is 5.56 Å². The van der Waals surface area contributed by atoms with Crippen LogP contribution in [0.2, 0.25) is 0 Å². The molecule has 1 fully saturated rings. The van der Waals surface area contributed by atoms with Crippen LogP contribution in [0.15, 0.2) is 77.7 Å². The number of rotatable bonds is 7. The Labute approximate surface area is 260 Å². The number of halogens is 3. The van der Waals surface area contributed by atoms with E-state index in [1.807, 2.05) is 43.3 Å². The van der Waals surface area contributed by atoms with Crippen LogP contribution >= 0.6 is 0 Å². The zero-order valence-electron chi connectivity index (χ0n) is 25.4. The number of nitrogens with two attached hydrogens (primary N) is 1. The molecule has 1 aliphatic rings. The molecule has 2 atom stereocenters. The minimum absolute atomic E-state index is 0.0172. The minimum atomic E-state index is -4.53. The topological polar surface area (TPSA) is 98.9 Å². The molecule has 0 aliphatic carbocycles. The lowest BCUT2D eigenvalue weighted by Gasteiger charge is -2.24. The number of sulfonamides is 1. The van der Waals surface area contributed by atoms with Crippen molar-refractivity contribution in [3.8, 4) is 28.0 Å². The van der Waals surface area contributed by atoms with E-state index in [0.717, 1.165) is 45.5 Å². The van der Waals surface area contributed by atoms with Crippen molar-refractivity contribution < 1.29 is 35.9 Å². The Kier molecular flexibility index (Phi) is 8.45. The van der Waals surface area contributed by atoms with Crippen molar-refractivity contribution in [1.29, 1.82) is 0 Å². The number of hydrogen-bond acceptors (Lipinski definition) is 5. The molecule has 2 N–H and O–H groups in total. The summed E-state index contributed by atoms with van der Waals surface area (Å²) in [4.78, 5) is 14.7. The van der Waals surface area contributed by atoms with Crippen molar-refractivity contribution in [2.24, 2.45) is 5.14 Å². The molecule has 5 rings (SSSR count). The SMILES string of the molecule is COc1ccc(-c2ccc(S(N)(=O)=O)cc2C)cc1-c1ccc(C)cc1CN1C(=O)O[C@H](c2cc(C)cc(C(F)(F)F)c2)[C@@H]1C. The average molecular weight is 639 g/mol. The van der Waals surface area contributed by atoms with Crippen LogP contribution in [-0.4, -0.2) is 32.6 Å². The highest BCUT2D eigenvalue weighted by molar-refractivity contribution is 7.89. The Morgan fingerprint density at radius 1 is 0.889 bits per heavy atom. The van der Waals surface area contributed by atoms with Crippen LogP contribution in [0.25, 0.3) is 22.3 Å². The smallest absolute Gasteiger partial charge is 0.416 e. The number of methoxy groups -OCH3 is 1. The molecule has 4 aromatic carbocycles. The molecule has 236 valence electrons. The largest absolute Gasteiger partial charge is 0.496 e. The van der Waals surface area contributed by atoms with Gasteiger partial charge in [-0.2, -0.15) is 13.2 Å². The van der Waals surface area contributed by atoms with Gasteiger partial charge in [-0.25, -0.2) is 18.4 Å². The standard InChI is InChI=1S/C34H33F3N2O5S/c1-19-6-9-29(30-17-23(7-11-31(30)43-5)28-10-8-27(15-21(28)3)45(38,41)42)25(12-19)18-39-22(4)32(44-33(39)40)24-13-20(2)14-26(16-24)34(35,36)37/h6-17,22,32H,18H2,1-5H3,(H2,38,41,42)/t22-,32-/m0/s1. The third-order valence-corrected chi connectivity index (χ3v) is 8.99. The first-order chi connectivity index (χ1) is 21.1. The molecule has 0 aromatic heterocycles. The quantitative estimate of drug-likeness (QED) is 0.224. The summed E-state index contributed by atoms with van der Waals surface area (Å²) >= 11 is 0. The van der Waals surface area contributed by atoms with Gasteiger partial charge in [0.1, 0.15) is 11.9 Å². The lowest BCUT2D eigenvalue weighted by atomic mass is 9.92. The number of primary sulfonamides is 1. The molecule has 45 heavy (non-hydrogen) atoms. The van der Waals surface area contributed by atoms with E-state index in [9.17, 15) is 26.4 Å². The molecule has 1 aliphatic heterocycles. The van der Waals surface area contributed by atoms with E-state index in [0.29, 0.717) is 16.9 Å². The fourth-order valence-corrected chi connectivity index (χ4v) is 6.42. The van der Waals surface area contributed by atoms with Crippen molar-refractivity contribution >= 4 is 16.1 Å². The monoisotopic (exact) mass is 638 g/mol. The Balaban J connectivity index is 1.53. The van der Waals surface area contributed by atoms with Gasteiger partial charge in [0.05, 0.1) is 30.2 Å². The lowest BCUT2D eigenvalue weighted by Crippen LogP contribution is -2.31. The number of carbonyl (C=O) groups excluding carboxylic acids is 1. The van der Waals surface area contributed by atoms with Gasteiger partial charge in [-0.1, -0.05) is 47.5 Å². The Morgan fingerprint density at radius 3 is 2.24 bits per heavy atom. The zero-order chi connectivity index (χ0) is 32.8. The first kappa shape index (κ1) is 32.1. The van der Waals surface area contributed by atoms with Crippen LogP contribution < -0.4 is 9.88 Å². The molecule has 0 bridgehead atoms. The first-order valence-electron chi connectivity index (χ1n) is 14.1. The fraction of sp³-hybridized carbons (Fsp3) is 0.265. The Morgan fingerprint density at radius 2 is 1.60 bits per heavy atom. The molecule has 1 saturated heterocycles. The summed E-state index contributed by atoms with van der Waals surface area (Å²) in [7, 11) is -2.31. The van der Waals surface area contributed by atoms with Gasteiger partial charge in [-0.3, -0.25) is 4.90 Å². The summed E-state index contributed by atoms with van der Waals surface area (Å²) < 4.78 is 75.7. The van der Waals surface area contributed by atoms with Gasteiger partial charge in [0.25, 0.3) is 0 Å². The van der Waals surface area contributed by atoms with Gasteiger partial charge in [-0.05, 0) is 97.5 Å². The third-order valence-electron chi connectivity index (χ3n) is 8.08. The molecule has 0 radical (unpaired) electrons. The van der Waals surface area contributed by atoms with Gasteiger partial charge in [0.2, 0.25) is 10.0 Å². The highest BCUT2D eigenvalue weighted by Gasteiger charge is 2.41. The van der Waals surface area contributed by atoms with Crippen molar-refractivity contribution in [2.45, 2.75) is 57.5 Å². The maximum Gasteiger partial charge on any atom is 0.416 e. The van der Waals surface area contributed by atoms with E-state index in [4.69, 9.17) is 14.6 Å². The van der Waals surface area contributed by atoms with Gasteiger partial charge >= 0.3 is 12.3 Å². The highest BCUT2D eigenvalue weighted by atomic mass is 32.2. The van der Waals surface area contributed by atoms with Gasteiger partial charge < -0.3 is 9.47 Å². The van der Waals surface area contributed by atoms with Gasteiger partial charge in [-0.15, -0.1) is 0 Å². The van der Waals surface area contributed by atoms with E-state index >= 15 is 0 Å². The van der Waals surface area contributed by atoms with Crippen LogP contribution in [0.3, 0.4) is 0 Å². The number of hydrogen-bond donors (Lipinski definition) is 1. The number of nitrogens with zero attached hydrogens (tertiary/aromatic N) is 1. The van der Waals surface area contributed by atoms with Crippen LogP contribution in [0, 0.1) is 20.8 Å². The molecule has 0 saturated carbocycles. The van der Waals surface area contributed by atoms with Gasteiger partial charge in [0.15, 0.2) is 0 Å². The maximum atomic E-state index is 13.5. The molecule has 1 amide bonds. The van der Waals surface area contributed by atoms with Crippen LogP contribution in [0.5, 0.6) is 5.75 Å². The molecular formula is C34H33F3N2O5S. The summed E-state index contributed by atoms with van der Waals surface area (Å²) in [6, 6.07) is 19.3. The van der Waals surface area contributed by atoms with Crippen molar-refractivity contribution in [3.05, 3.63) is 106 Å². The van der Waals surface area contributed by atoms with E-state index in [2.05, 4.69) is 0 Å². The Hall–Kier alpha value is -4.35. The Bertz CT molecular complexity index is 1910. The average Bonchev–Trinajstić information content (AvgIpc) is 3.24. The van der Waals surface area contributed by atoms with E-state index in [-0.39, 0.29) is 17.0 Å². The second-order valence-corrected chi connectivity index (χ2v) is 13.0. The van der Waals surface area contributed by atoms with E-state index < -0.39 is 40.0 Å². The molecule has 7 nitrogen and oxygen atoms in total. The second-order valence-electron chi connectivity index (χ2n) is 11.4. The first-order valence-corrected chi connectivity index (χ1v) is 15.7. The number of alkyl halides is 3. The molecular weight excluding hydrogens is 605 g/mol. The number of amides is 1. The summed E-state index contributed by atoms with van der Waals surface area (Å²) in [5.41, 5.74) is 5.51. The third kappa shape index (κ3) is 6.55. The van der Waals surface area contributed by atoms with Crippen LogP contribution in [-0.2, 0) is 27.5 Å². The molecule has 11 heteroatoms. The summed E-state index contributed by atoms with van der Waals surface area (Å²) in [6.07, 6.45) is -6.03. The van der Waals surface area contributed by atoms with Crippen molar-refractivity contribution in [2.75, 3.05) is 7.11 Å². The number of benzene rings is 4. The number of ether oxygens (including phenoxy) is 2. The van der Waals surface area contributed by atoms with E-state index in [1.54, 1.807) is 40.0 Å². The summed E-state index contributed by atoms with van der Waals surface area (Å²) in [5, 5.41) is 5.31. The zero-order valence-corrected chi connectivity index (χ0v) is 26.2.